The molecule has 19 heavy (non-hydrogen) atoms. The molecule has 1 N–H and O–H groups in total. The van der Waals surface area contributed by atoms with Gasteiger partial charge in [-0.25, -0.2) is 0 Å². The number of nitrogens with zero attached hydrogens (tertiary/aromatic N) is 2. The summed E-state index contributed by atoms with van der Waals surface area (Å²) in [5.41, 5.74) is 1.97. The molecule has 0 spiro atoms. The van der Waals surface area contributed by atoms with Gasteiger partial charge in [0.15, 0.2) is 0 Å². The molecule has 5 nitrogen and oxygen atoms in total. The van der Waals surface area contributed by atoms with Crippen LogP contribution in [0.15, 0.2) is 24.3 Å². The molecule has 0 bridgehead atoms. The van der Waals surface area contributed by atoms with Gasteiger partial charge in [0.05, 0.1) is 5.69 Å². The molecule has 0 atom stereocenters. The van der Waals surface area contributed by atoms with E-state index in [4.69, 9.17) is 0 Å². The van der Waals surface area contributed by atoms with Crippen LogP contribution in [0.5, 0.6) is 0 Å². The highest BCUT2D eigenvalue weighted by Crippen LogP contribution is 2.31. The maximum Gasteiger partial charge on any atom is 0.304 e. The number of anilines is 1. The summed E-state index contributed by atoms with van der Waals surface area (Å²) in [6.45, 7) is 3.35. The summed E-state index contributed by atoms with van der Waals surface area (Å²) >= 11 is 0. The molecule has 1 saturated heterocycles. The van der Waals surface area contributed by atoms with Crippen molar-refractivity contribution in [3.05, 3.63) is 29.8 Å². The van der Waals surface area contributed by atoms with Crippen LogP contribution in [0.25, 0.3) is 0 Å². The van der Waals surface area contributed by atoms with Crippen LogP contribution in [0.4, 0.5) is 5.69 Å². The monoisotopic (exact) mass is 281 g/mol. The van der Waals surface area contributed by atoms with Gasteiger partial charge in [-0.1, -0.05) is 18.2 Å². The van der Waals surface area contributed by atoms with Gasteiger partial charge in [-0.3, -0.25) is 4.31 Å². The highest BCUT2D eigenvalue weighted by molar-refractivity contribution is 7.90. The Balaban J connectivity index is 1.89. The topological polar surface area (TPSA) is 52.7 Å². The first-order valence-electron chi connectivity index (χ1n) is 6.76. The van der Waals surface area contributed by atoms with Crippen LogP contribution in [0, 0.1) is 0 Å². The van der Waals surface area contributed by atoms with Crippen LogP contribution in [0.3, 0.4) is 0 Å². The van der Waals surface area contributed by atoms with E-state index in [-0.39, 0.29) is 0 Å². The van der Waals surface area contributed by atoms with Gasteiger partial charge in [0.2, 0.25) is 0 Å². The Hall–Kier alpha value is -1.11. The Morgan fingerprint density at radius 2 is 1.89 bits per heavy atom. The molecule has 0 saturated carbocycles. The summed E-state index contributed by atoms with van der Waals surface area (Å²) in [5.74, 6) is 0. The third-order valence-electron chi connectivity index (χ3n) is 3.75. The molecule has 0 amide bonds. The summed E-state index contributed by atoms with van der Waals surface area (Å²) in [7, 11) is -3.37. The second-order valence-corrected chi connectivity index (χ2v) is 6.81. The summed E-state index contributed by atoms with van der Waals surface area (Å²) in [6, 6.07) is 7.77. The van der Waals surface area contributed by atoms with Gasteiger partial charge in [-0.15, -0.1) is 0 Å². The predicted molar refractivity (Wildman–Crippen MR) is 75.5 cm³/mol. The van der Waals surface area contributed by atoms with Gasteiger partial charge in [-0.2, -0.15) is 12.7 Å². The Kier molecular flexibility index (Phi) is 3.47. The lowest BCUT2D eigenvalue weighted by molar-refractivity contribution is 0.429. The molecule has 0 unspecified atom stereocenters. The molecular weight excluding hydrogens is 262 g/mol. The average Bonchev–Trinajstić information content (AvgIpc) is 2.65. The number of benzene rings is 1. The lowest BCUT2D eigenvalue weighted by Gasteiger charge is -2.27. The summed E-state index contributed by atoms with van der Waals surface area (Å²) in [6.07, 6.45) is 1.68. The number of fused-ring (bicyclic) bond motifs is 1. The zero-order valence-corrected chi connectivity index (χ0v) is 11.7. The van der Waals surface area contributed by atoms with Crippen molar-refractivity contribution in [1.82, 2.24) is 9.62 Å². The van der Waals surface area contributed by atoms with Crippen LogP contribution in [-0.2, 0) is 16.6 Å². The molecule has 1 aromatic carbocycles. The fraction of sp³-hybridized carbons (Fsp3) is 0.538. The second-order valence-electron chi connectivity index (χ2n) is 4.96. The molecule has 0 aromatic heterocycles. The molecule has 1 aromatic rings. The normalized spacial score (nSPS) is 21.2. The fourth-order valence-electron chi connectivity index (χ4n) is 2.74. The molecule has 2 aliphatic rings. The minimum atomic E-state index is -3.37. The van der Waals surface area contributed by atoms with Crippen molar-refractivity contribution in [2.45, 2.75) is 12.8 Å². The SMILES string of the molecule is O=S(=O)(N1CCCNCC1)N1CCc2ccccc21. The summed E-state index contributed by atoms with van der Waals surface area (Å²) < 4.78 is 28.6. The minimum absolute atomic E-state index is 0.557. The van der Waals surface area contributed by atoms with E-state index in [1.54, 1.807) is 8.61 Å². The molecule has 6 heteroatoms. The number of hydrogen-bond acceptors (Lipinski definition) is 3. The maximum absolute atomic E-state index is 12.7. The molecule has 0 aliphatic carbocycles. The molecule has 1 fully saturated rings. The Bertz CT molecular complexity index is 551. The zero-order valence-electron chi connectivity index (χ0n) is 10.9. The van der Waals surface area contributed by atoms with E-state index < -0.39 is 10.2 Å². The standard InChI is InChI=1S/C13H19N3O2S/c17-19(18,15-9-3-7-14-8-11-15)16-10-6-12-4-1-2-5-13(12)16/h1-2,4-5,14H,3,6-11H2. The fourth-order valence-corrected chi connectivity index (χ4v) is 4.45. The first-order chi connectivity index (χ1) is 9.19. The van der Waals surface area contributed by atoms with Gasteiger partial charge in [0, 0.05) is 26.2 Å². The van der Waals surface area contributed by atoms with Gasteiger partial charge in [0.25, 0.3) is 0 Å². The summed E-state index contributed by atoms with van der Waals surface area (Å²) in [5, 5.41) is 3.23. The van der Waals surface area contributed by atoms with Gasteiger partial charge >= 0.3 is 10.2 Å². The van der Waals surface area contributed by atoms with Crippen molar-refractivity contribution in [2.75, 3.05) is 37.0 Å². The molecule has 0 radical (unpaired) electrons. The van der Waals surface area contributed by atoms with Crippen molar-refractivity contribution in [3.63, 3.8) is 0 Å². The van der Waals surface area contributed by atoms with Crippen molar-refractivity contribution in [2.24, 2.45) is 0 Å². The number of para-hydroxylation sites is 1. The highest BCUT2D eigenvalue weighted by Gasteiger charge is 2.34. The first kappa shape index (κ1) is 12.9. The Morgan fingerprint density at radius 1 is 1.05 bits per heavy atom. The number of hydrogen-bond donors (Lipinski definition) is 1. The molecular formula is C13H19N3O2S. The molecule has 2 aliphatic heterocycles. The van der Waals surface area contributed by atoms with E-state index in [2.05, 4.69) is 5.32 Å². The first-order valence-corrected chi connectivity index (χ1v) is 8.16. The molecule has 104 valence electrons. The third-order valence-corrected chi connectivity index (χ3v) is 5.70. The van der Waals surface area contributed by atoms with Crippen LogP contribution in [0.2, 0.25) is 0 Å². The predicted octanol–water partition coefficient (Wildman–Crippen LogP) is 0.589. The Labute approximate surface area is 114 Å². The lowest BCUT2D eigenvalue weighted by atomic mass is 10.2. The summed E-state index contributed by atoms with van der Waals surface area (Å²) in [4.78, 5) is 0. The molecule has 3 rings (SSSR count). The quantitative estimate of drug-likeness (QED) is 0.863. The maximum atomic E-state index is 12.7. The van der Waals surface area contributed by atoms with Crippen molar-refractivity contribution in [1.29, 1.82) is 0 Å². The van der Waals surface area contributed by atoms with Crippen LogP contribution >= 0.6 is 0 Å². The van der Waals surface area contributed by atoms with E-state index in [1.807, 2.05) is 24.3 Å². The number of rotatable bonds is 2. The van der Waals surface area contributed by atoms with Crippen LogP contribution < -0.4 is 9.62 Å². The van der Waals surface area contributed by atoms with Gasteiger partial charge in [0.1, 0.15) is 0 Å². The largest absolute Gasteiger partial charge is 0.315 e. The van der Waals surface area contributed by atoms with Gasteiger partial charge < -0.3 is 5.32 Å². The van der Waals surface area contributed by atoms with E-state index in [0.29, 0.717) is 19.6 Å². The van der Waals surface area contributed by atoms with Gasteiger partial charge in [-0.05, 0) is 31.0 Å². The van der Waals surface area contributed by atoms with Crippen molar-refractivity contribution in [3.8, 4) is 0 Å². The molecule has 2 heterocycles. The smallest absolute Gasteiger partial charge is 0.304 e. The second kappa shape index (κ2) is 5.11. The van der Waals surface area contributed by atoms with E-state index >= 15 is 0 Å². The van der Waals surface area contributed by atoms with Crippen molar-refractivity contribution >= 4 is 15.9 Å². The minimum Gasteiger partial charge on any atom is -0.315 e. The van der Waals surface area contributed by atoms with E-state index in [1.165, 1.54) is 0 Å². The van der Waals surface area contributed by atoms with Crippen molar-refractivity contribution < 1.29 is 8.42 Å². The third kappa shape index (κ3) is 2.35. The van der Waals surface area contributed by atoms with Crippen LogP contribution in [0.1, 0.15) is 12.0 Å². The number of nitrogens with one attached hydrogen (secondary N) is 1. The van der Waals surface area contributed by atoms with E-state index in [9.17, 15) is 8.42 Å². The zero-order chi connectivity index (χ0) is 13.3. The average molecular weight is 281 g/mol. The Morgan fingerprint density at radius 3 is 2.79 bits per heavy atom. The lowest BCUT2D eigenvalue weighted by Crippen LogP contribution is -2.44. The highest BCUT2D eigenvalue weighted by atomic mass is 32.2. The van der Waals surface area contributed by atoms with Crippen LogP contribution in [-0.4, -0.2) is 45.4 Å². The van der Waals surface area contributed by atoms with E-state index in [0.717, 1.165) is 37.2 Å².